The fourth-order valence-corrected chi connectivity index (χ4v) is 5.18. The number of rotatable bonds is 8. The first-order chi connectivity index (χ1) is 19.8. The fourth-order valence-electron chi connectivity index (χ4n) is 4.50. The van der Waals surface area contributed by atoms with Crippen LogP contribution >= 0.6 is 11.3 Å². The van der Waals surface area contributed by atoms with E-state index >= 15 is 0 Å². The summed E-state index contributed by atoms with van der Waals surface area (Å²) in [4.78, 5) is 38.9. The van der Waals surface area contributed by atoms with Crippen molar-refractivity contribution in [3.05, 3.63) is 52.8 Å². The highest BCUT2D eigenvalue weighted by molar-refractivity contribution is 7.15. The van der Waals surface area contributed by atoms with Gasteiger partial charge < -0.3 is 10.6 Å². The van der Waals surface area contributed by atoms with Crippen LogP contribution in [-0.2, 0) is 21.9 Å². The van der Waals surface area contributed by atoms with Gasteiger partial charge in [0.1, 0.15) is 0 Å². The summed E-state index contributed by atoms with van der Waals surface area (Å²) in [5, 5.41) is 13.7. The van der Waals surface area contributed by atoms with Crippen LogP contribution in [0.3, 0.4) is 0 Å². The lowest BCUT2D eigenvalue weighted by Crippen LogP contribution is -2.40. The van der Waals surface area contributed by atoms with E-state index in [4.69, 9.17) is 0 Å². The minimum atomic E-state index is -4.86. The molecule has 4 rings (SSSR count). The Labute approximate surface area is 239 Å². The number of nitrogens with one attached hydrogen (secondary N) is 2. The molecule has 0 atom stereocenters. The van der Waals surface area contributed by atoms with Gasteiger partial charge in [-0.3, -0.25) is 19.3 Å². The van der Waals surface area contributed by atoms with Gasteiger partial charge in [-0.15, -0.1) is 10.2 Å². The highest BCUT2D eigenvalue weighted by Gasteiger charge is 2.40. The first kappa shape index (κ1) is 30.9. The average Bonchev–Trinajstić information content (AvgIpc) is 3.64. The summed E-state index contributed by atoms with van der Waals surface area (Å²) in [6, 6.07) is 8.00. The van der Waals surface area contributed by atoms with Gasteiger partial charge in [0.05, 0.1) is 11.3 Å². The Hall–Kier alpha value is -4.02. The summed E-state index contributed by atoms with van der Waals surface area (Å²) >= 11 is 0.263. The third-order valence-corrected chi connectivity index (χ3v) is 7.72. The van der Waals surface area contributed by atoms with Crippen LogP contribution in [0, 0.1) is 11.8 Å². The molecule has 3 amide bonds. The van der Waals surface area contributed by atoms with Crippen molar-refractivity contribution < 1.29 is 40.7 Å². The Balaban J connectivity index is 1.24. The predicted octanol–water partition coefficient (Wildman–Crippen LogP) is 4.08. The molecule has 3 aromatic rings. The maximum absolute atomic E-state index is 13.5. The number of hydrogen-bond acceptors (Lipinski definition) is 7. The van der Waals surface area contributed by atoms with Gasteiger partial charge in [-0.2, -0.15) is 31.4 Å². The van der Waals surface area contributed by atoms with E-state index in [0.29, 0.717) is 31.4 Å². The Morgan fingerprint density at radius 2 is 1.55 bits per heavy atom. The Kier molecular flexibility index (Phi) is 9.18. The van der Waals surface area contributed by atoms with Crippen molar-refractivity contribution in [1.29, 1.82) is 0 Å². The second-order valence-corrected chi connectivity index (χ2v) is 10.5. The summed E-state index contributed by atoms with van der Waals surface area (Å²) in [7, 11) is 1.32. The summed E-state index contributed by atoms with van der Waals surface area (Å²) in [5.74, 6) is -2.70. The highest BCUT2D eigenvalue weighted by atomic mass is 32.1. The van der Waals surface area contributed by atoms with Gasteiger partial charge in [-0.05, 0) is 37.8 Å². The van der Waals surface area contributed by atoms with E-state index < -0.39 is 52.3 Å². The first-order valence-corrected chi connectivity index (χ1v) is 13.5. The van der Waals surface area contributed by atoms with Crippen molar-refractivity contribution in [2.75, 3.05) is 25.0 Å². The van der Waals surface area contributed by atoms with E-state index in [9.17, 15) is 40.7 Å². The second-order valence-electron chi connectivity index (χ2n) is 9.55. The topological polar surface area (TPSA) is 122 Å². The van der Waals surface area contributed by atoms with Crippen LogP contribution in [-0.4, -0.2) is 57.8 Å². The monoisotopic (exact) mass is 617 g/mol. The van der Waals surface area contributed by atoms with Crippen LogP contribution in [0.5, 0.6) is 0 Å². The minimum Gasteiger partial charge on any atom is -0.354 e. The molecule has 1 fully saturated rings. The molecular formula is C25H25F6N7O3S. The van der Waals surface area contributed by atoms with Crippen LogP contribution in [0.4, 0.5) is 31.5 Å². The van der Waals surface area contributed by atoms with Gasteiger partial charge in [-0.25, -0.2) is 4.68 Å². The van der Waals surface area contributed by atoms with Gasteiger partial charge >= 0.3 is 12.4 Å². The van der Waals surface area contributed by atoms with Crippen molar-refractivity contribution in [2.45, 2.75) is 38.0 Å². The molecule has 226 valence electrons. The summed E-state index contributed by atoms with van der Waals surface area (Å²) in [5.41, 5.74) is -1.65. The SMILES string of the molecule is CN(c1nnc(C(F)(F)F)s1)C(=O)[C@H]1CC[C@H](C(=O)NCCNC(=O)c2cn(-c3ccccc3)nc2C(F)(F)F)CC1. The average molecular weight is 618 g/mol. The van der Waals surface area contributed by atoms with Crippen LogP contribution in [0.1, 0.15) is 46.7 Å². The van der Waals surface area contributed by atoms with Gasteiger partial charge in [0.15, 0.2) is 5.69 Å². The van der Waals surface area contributed by atoms with Crippen molar-refractivity contribution >= 4 is 34.2 Å². The van der Waals surface area contributed by atoms with E-state index in [1.54, 1.807) is 18.2 Å². The van der Waals surface area contributed by atoms with E-state index in [1.165, 1.54) is 19.2 Å². The molecule has 1 saturated carbocycles. The minimum absolute atomic E-state index is 0.0427. The number of benzene rings is 1. The van der Waals surface area contributed by atoms with Crippen molar-refractivity contribution in [3.63, 3.8) is 0 Å². The number of halogens is 6. The zero-order chi connectivity index (χ0) is 30.7. The maximum Gasteiger partial charge on any atom is 0.445 e. The normalized spacial score (nSPS) is 17.5. The molecule has 1 aliphatic carbocycles. The van der Waals surface area contributed by atoms with Gasteiger partial charge in [0.25, 0.3) is 5.91 Å². The molecule has 0 unspecified atom stereocenters. The van der Waals surface area contributed by atoms with Crippen LogP contribution in [0.15, 0.2) is 36.5 Å². The van der Waals surface area contributed by atoms with Crippen molar-refractivity contribution in [3.8, 4) is 5.69 Å². The standard InChI is InChI=1S/C25H25F6N7O3S/c1-37(23-35-34-22(42-23)25(29,30)31)21(41)15-9-7-14(8-10-15)19(39)32-11-12-33-20(40)17-13-38(16-5-3-2-4-6-16)36-18(17)24(26,27)28/h2-6,13-15H,7-12H2,1H3,(H,32,39)(H,33,40)/t14-,15-. The number of carbonyl (C=O) groups excluding carboxylic acids is 3. The molecule has 0 radical (unpaired) electrons. The fraction of sp³-hybridized carbons (Fsp3) is 0.440. The molecule has 10 nitrogen and oxygen atoms in total. The van der Waals surface area contributed by atoms with Crippen molar-refractivity contribution in [2.24, 2.45) is 11.8 Å². The third-order valence-electron chi connectivity index (χ3n) is 6.68. The van der Waals surface area contributed by atoms with Crippen molar-refractivity contribution in [1.82, 2.24) is 30.6 Å². The molecule has 2 heterocycles. The number of para-hydroxylation sites is 1. The largest absolute Gasteiger partial charge is 0.445 e. The lowest BCUT2D eigenvalue weighted by molar-refractivity contribution is -0.141. The van der Waals surface area contributed by atoms with E-state index in [2.05, 4.69) is 25.9 Å². The molecule has 17 heteroatoms. The molecule has 0 aliphatic heterocycles. The highest BCUT2D eigenvalue weighted by Crippen LogP contribution is 2.36. The van der Waals surface area contributed by atoms with E-state index in [1.807, 2.05) is 0 Å². The van der Waals surface area contributed by atoms with E-state index in [-0.39, 0.29) is 35.5 Å². The Morgan fingerprint density at radius 1 is 0.929 bits per heavy atom. The molecule has 0 saturated heterocycles. The second kappa shape index (κ2) is 12.5. The number of amides is 3. The molecule has 0 bridgehead atoms. The predicted molar refractivity (Wildman–Crippen MR) is 138 cm³/mol. The van der Waals surface area contributed by atoms with Crippen LogP contribution in [0.2, 0.25) is 0 Å². The quantitative estimate of drug-likeness (QED) is 0.290. The zero-order valence-corrected chi connectivity index (χ0v) is 22.8. The van der Waals surface area contributed by atoms with E-state index in [0.717, 1.165) is 15.8 Å². The Morgan fingerprint density at radius 3 is 2.14 bits per heavy atom. The molecule has 1 aromatic carbocycles. The number of nitrogens with zero attached hydrogens (tertiary/aromatic N) is 5. The van der Waals surface area contributed by atoms with Gasteiger partial charge in [-0.1, -0.05) is 29.5 Å². The summed E-state index contributed by atoms with van der Waals surface area (Å²) in [6.07, 6.45) is -7.18. The number of alkyl halides is 6. The molecule has 0 spiro atoms. The molecular weight excluding hydrogens is 592 g/mol. The number of hydrogen-bond donors (Lipinski definition) is 2. The van der Waals surface area contributed by atoms with Gasteiger partial charge in [0.2, 0.25) is 22.0 Å². The number of aromatic nitrogens is 4. The van der Waals surface area contributed by atoms with Gasteiger partial charge in [0, 0.05) is 38.2 Å². The smallest absolute Gasteiger partial charge is 0.354 e. The summed E-state index contributed by atoms with van der Waals surface area (Å²) in [6.45, 7) is -0.183. The maximum atomic E-state index is 13.5. The molecule has 2 aromatic heterocycles. The molecule has 2 N–H and O–H groups in total. The van der Waals surface area contributed by atoms with Crippen LogP contribution in [0.25, 0.3) is 5.69 Å². The third kappa shape index (κ3) is 7.24. The number of anilines is 1. The Bertz CT molecular complexity index is 1420. The molecule has 42 heavy (non-hydrogen) atoms. The number of carbonyl (C=O) groups is 3. The van der Waals surface area contributed by atoms with Crippen LogP contribution < -0.4 is 15.5 Å². The summed E-state index contributed by atoms with van der Waals surface area (Å²) < 4.78 is 79.8. The lowest BCUT2D eigenvalue weighted by atomic mass is 9.81. The lowest BCUT2D eigenvalue weighted by Gasteiger charge is -2.29. The molecule has 1 aliphatic rings. The zero-order valence-electron chi connectivity index (χ0n) is 22.0. The first-order valence-electron chi connectivity index (χ1n) is 12.7.